The lowest BCUT2D eigenvalue weighted by Gasteiger charge is -2.33. The second-order valence-electron chi connectivity index (χ2n) is 7.81. The summed E-state index contributed by atoms with van der Waals surface area (Å²) in [5.74, 6) is 1.23. The van der Waals surface area contributed by atoms with Crippen molar-refractivity contribution in [1.29, 1.82) is 0 Å². The molecule has 2 aromatic rings. The zero-order valence-electron chi connectivity index (χ0n) is 15.7. The molecule has 7 nitrogen and oxygen atoms in total. The Labute approximate surface area is 153 Å². The molecule has 7 heteroatoms. The van der Waals surface area contributed by atoms with E-state index in [0.717, 1.165) is 42.8 Å². The summed E-state index contributed by atoms with van der Waals surface area (Å²) < 4.78 is 5.30. The molecule has 0 aliphatic carbocycles. The number of nitrogens with two attached hydrogens (primary N) is 1. The van der Waals surface area contributed by atoms with E-state index in [4.69, 9.17) is 15.5 Å². The quantitative estimate of drug-likeness (QED) is 0.820. The number of nitrogen functional groups attached to an aromatic ring is 1. The summed E-state index contributed by atoms with van der Waals surface area (Å²) in [7, 11) is 0. The molecule has 1 saturated heterocycles. The highest BCUT2D eigenvalue weighted by Crippen LogP contribution is 2.23. The van der Waals surface area contributed by atoms with E-state index in [1.54, 1.807) is 6.20 Å². The van der Waals surface area contributed by atoms with Crippen LogP contribution < -0.4 is 16.0 Å². The standard InChI is InChI=1S/C19H27N5O2/c1-19(2,3)26-18(25)22-10-13-5-4-8-24(12-13)17-11-21-16-9-14(20)6-7-15(16)23-17/h6-7,9,11,13H,4-5,8,10,12,20H2,1-3H3,(H,22,25). The van der Waals surface area contributed by atoms with E-state index in [2.05, 4.69) is 15.2 Å². The number of aromatic nitrogens is 2. The number of carbonyl (C=O) groups is 1. The fourth-order valence-corrected chi connectivity index (χ4v) is 3.15. The number of hydrogen-bond acceptors (Lipinski definition) is 6. The minimum absolute atomic E-state index is 0.361. The van der Waals surface area contributed by atoms with E-state index < -0.39 is 5.60 Å². The molecule has 2 heterocycles. The second-order valence-corrected chi connectivity index (χ2v) is 7.81. The first-order valence-corrected chi connectivity index (χ1v) is 9.04. The summed E-state index contributed by atoms with van der Waals surface area (Å²) >= 11 is 0. The lowest BCUT2D eigenvalue weighted by Crippen LogP contribution is -2.42. The van der Waals surface area contributed by atoms with Crippen LogP contribution in [0.25, 0.3) is 11.0 Å². The van der Waals surface area contributed by atoms with Crippen LogP contribution in [-0.2, 0) is 4.74 Å². The number of ether oxygens (including phenoxy) is 1. The van der Waals surface area contributed by atoms with Crippen LogP contribution in [0.3, 0.4) is 0 Å². The maximum Gasteiger partial charge on any atom is 0.407 e. The van der Waals surface area contributed by atoms with Gasteiger partial charge in [0.05, 0.1) is 17.2 Å². The van der Waals surface area contributed by atoms with Gasteiger partial charge < -0.3 is 20.7 Å². The Balaban J connectivity index is 1.61. The second kappa shape index (κ2) is 7.35. The molecule has 140 valence electrons. The Bertz CT molecular complexity index is 787. The van der Waals surface area contributed by atoms with Gasteiger partial charge in [-0.25, -0.2) is 9.78 Å². The van der Waals surface area contributed by atoms with Crippen molar-refractivity contribution < 1.29 is 9.53 Å². The number of fused-ring (bicyclic) bond motifs is 1. The molecule has 0 spiro atoms. The molecule has 0 bridgehead atoms. The highest BCUT2D eigenvalue weighted by Gasteiger charge is 2.23. The molecule has 0 saturated carbocycles. The minimum atomic E-state index is -0.479. The van der Waals surface area contributed by atoms with Gasteiger partial charge in [-0.05, 0) is 57.7 Å². The monoisotopic (exact) mass is 357 g/mol. The third kappa shape index (κ3) is 4.74. The summed E-state index contributed by atoms with van der Waals surface area (Å²) in [6, 6.07) is 5.56. The van der Waals surface area contributed by atoms with Gasteiger partial charge in [-0.15, -0.1) is 0 Å². The lowest BCUT2D eigenvalue weighted by atomic mass is 9.98. The molecular weight excluding hydrogens is 330 g/mol. The molecular formula is C19H27N5O2. The van der Waals surface area contributed by atoms with Gasteiger partial charge in [0.25, 0.3) is 0 Å². The van der Waals surface area contributed by atoms with Crippen molar-refractivity contribution in [2.24, 2.45) is 5.92 Å². The summed E-state index contributed by atoms with van der Waals surface area (Å²) in [5.41, 5.74) is 7.64. The van der Waals surface area contributed by atoms with E-state index in [9.17, 15) is 4.79 Å². The Morgan fingerprint density at radius 1 is 1.38 bits per heavy atom. The van der Waals surface area contributed by atoms with E-state index in [-0.39, 0.29) is 6.09 Å². The number of alkyl carbamates (subject to hydrolysis) is 1. The maximum absolute atomic E-state index is 11.8. The van der Waals surface area contributed by atoms with Gasteiger partial charge in [0.1, 0.15) is 11.4 Å². The number of carbonyl (C=O) groups excluding carboxylic acids is 1. The van der Waals surface area contributed by atoms with Crippen LogP contribution in [0.1, 0.15) is 33.6 Å². The van der Waals surface area contributed by atoms with Crippen LogP contribution in [0.4, 0.5) is 16.3 Å². The van der Waals surface area contributed by atoms with E-state index in [0.29, 0.717) is 18.2 Å². The van der Waals surface area contributed by atoms with Crippen molar-refractivity contribution in [1.82, 2.24) is 15.3 Å². The molecule has 1 aromatic heterocycles. The van der Waals surface area contributed by atoms with Gasteiger partial charge in [0.2, 0.25) is 0 Å². The number of benzene rings is 1. The Morgan fingerprint density at radius 2 is 2.19 bits per heavy atom. The first-order chi connectivity index (χ1) is 12.3. The maximum atomic E-state index is 11.8. The van der Waals surface area contributed by atoms with Gasteiger partial charge >= 0.3 is 6.09 Å². The number of anilines is 2. The fraction of sp³-hybridized carbons (Fsp3) is 0.526. The smallest absolute Gasteiger partial charge is 0.407 e. The van der Waals surface area contributed by atoms with Crippen LogP contribution in [0.15, 0.2) is 24.4 Å². The van der Waals surface area contributed by atoms with Crippen molar-refractivity contribution >= 4 is 28.6 Å². The minimum Gasteiger partial charge on any atom is -0.444 e. The predicted octanol–water partition coefficient (Wildman–Crippen LogP) is 2.95. The highest BCUT2D eigenvalue weighted by atomic mass is 16.6. The van der Waals surface area contributed by atoms with Crippen molar-refractivity contribution in [3.63, 3.8) is 0 Å². The number of amides is 1. The van der Waals surface area contributed by atoms with Crippen LogP contribution in [0, 0.1) is 5.92 Å². The lowest BCUT2D eigenvalue weighted by molar-refractivity contribution is 0.0517. The first-order valence-electron chi connectivity index (χ1n) is 9.04. The Hall–Kier alpha value is -2.57. The summed E-state index contributed by atoms with van der Waals surface area (Å²) in [4.78, 5) is 23.3. The number of piperidine rings is 1. The molecule has 1 unspecified atom stereocenters. The topological polar surface area (TPSA) is 93.4 Å². The van der Waals surface area contributed by atoms with Gasteiger partial charge in [0.15, 0.2) is 0 Å². The summed E-state index contributed by atoms with van der Waals surface area (Å²) in [6.45, 7) is 7.97. The first kappa shape index (κ1) is 18.2. The number of nitrogens with one attached hydrogen (secondary N) is 1. The zero-order chi connectivity index (χ0) is 18.7. The largest absolute Gasteiger partial charge is 0.444 e. The van der Waals surface area contributed by atoms with Gasteiger partial charge in [-0.1, -0.05) is 0 Å². The van der Waals surface area contributed by atoms with Crippen molar-refractivity contribution in [2.75, 3.05) is 30.3 Å². The van der Waals surface area contributed by atoms with Crippen molar-refractivity contribution in [2.45, 2.75) is 39.2 Å². The Kier molecular flexibility index (Phi) is 5.15. The van der Waals surface area contributed by atoms with Crippen LogP contribution in [-0.4, -0.2) is 41.3 Å². The van der Waals surface area contributed by atoms with Crippen LogP contribution in [0.2, 0.25) is 0 Å². The van der Waals surface area contributed by atoms with Gasteiger partial charge in [-0.3, -0.25) is 4.98 Å². The zero-order valence-corrected chi connectivity index (χ0v) is 15.7. The van der Waals surface area contributed by atoms with E-state index >= 15 is 0 Å². The molecule has 1 aliphatic heterocycles. The van der Waals surface area contributed by atoms with Crippen LogP contribution in [0.5, 0.6) is 0 Å². The van der Waals surface area contributed by atoms with Gasteiger partial charge in [-0.2, -0.15) is 0 Å². The molecule has 1 aliphatic rings. The molecule has 1 fully saturated rings. The molecule has 3 N–H and O–H groups in total. The Morgan fingerprint density at radius 3 is 2.96 bits per heavy atom. The normalized spacial score (nSPS) is 18.0. The number of rotatable bonds is 3. The summed E-state index contributed by atoms with van der Waals surface area (Å²) in [5, 5.41) is 2.88. The number of hydrogen-bond donors (Lipinski definition) is 2. The van der Waals surface area contributed by atoms with Crippen LogP contribution >= 0.6 is 0 Å². The van der Waals surface area contributed by atoms with E-state index in [1.165, 1.54) is 0 Å². The average molecular weight is 357 g/mol. The third-order valence-electron chi connectivity index (χ3n) is 4.33. The van der Waals surface area contributed by atoms with Gasteiger partial charge in [0, 0.05) is 25.3 Å². The SMILES string of the molecule is CC(C)(C)OC(=O)NCC1CCCN(c2cnc3cc(N)ccc3n2)C1. The van der Waals surface area contributed by atoms with Crippen molar-refractivity contribution in [3.8, 4) is 0 Å². The average Bonchev–Trinajstić information content (AvgIpc) is 2.58. The van der Waals surface area contributed by atoms with Crippen molar-refractivity contribution in [3.05, 3.63) is 24.4 Å². The molecule has 3 rings (SSSR count). The molecule has 26 heavy (non-hydrogen) atoms. The predicted molar refractivity (Wildman–Crippen MR) is 103 cm³/mol. The highest BCUT2D eigenvalue weighted by molar-refractivity contribution is 5.79. The number of nitrogens with zero attached hydrogens (tertiary/aromatic N) is 3. The summed E-state index contributed by atoms with van der Waals surface area (Å²) in [6.07, 6.45) is 3.56. The molecule has 1 atom stereocenters. The third-order valence-corrected chi connectivity index (χ3v) is 4.33. The molecule has 1 amide bonds. The molecule has 0 radical (unpaired) electrons. The molecule has 1 aromatic carbocycles. The fourth-order valence-electron chi connectivity index (χ4n) is 3.15. The van der Waals surface area contributed by atoms with E-state index in [1.807, 2.05) is 39.0 Å².